The standard InChI is InChI=1S/C12H20O2/c1-3-9-4-10-6-12(11(10)5-9)14-8(2)7-13/h5,8,10-13H,3-4,6-7H2,1-2H3/t8?,10-,11-,12?/m1/s1. The maximum Gasteiger partial charge on any atom is 0.0781 e. The predicted molar refractivity (Wildman–Crippen MR) is 56.0 cm³/mol. The van der Waals surface area contributed by atoms with Crippen molar-refractivity contribution in [3.05, 3.63) is 11.6 Å². The zero-order valence-corrected chi connectivity index (χ0v) is 9.07. The van der Waals surface area contributed by atoms with Crippen LogP contribution in [0.15, 0.2) is 11.6 Å². The summed E-state index contributed by atoms with van der Waals surface area (Å²) < 4.78 is 5.75. The number of rotatable bonds is 4. The second-order valence-corrected chi connectivity index (χ2v) is 4.62. The van der Waals surface area contributed by atoms with Crippen LogP contribution in [0.5, 0.6) is 0 Å². The molecule has 14 heavy (non-hydrogen) atoms. The molecule has 0 aliphatic heterocycles. The van der Waals surface area contributed by atoms with Gasteiger partial charge in [-0.3, -0.25) is 0 Å². The number of hydrogen-bond acceptors (Lipinski definition) is 2. The third-order valence-corrected chi connectivity index (χ3v) is 3.58. The van der Waals surface area contributed by atoms with E-state index < -0.39 is 0 Å². The van der Waals surface area contributed by atoms with E-state index >= 15 is 0 Å². The highest BCUT2D eigenvalue weighted by atomic mass is 16.5. The highest BCUT2D eigenvalue weighted by Gasteiger charge is 2.44. The van der Waals surface area contributed by atoms with Crippen molar-refractivity contribution in [3.8, 4) is 0 Å². The smallest absolute Gasteiger partial charge is 0.0781 e. The summed E-state index contributed by atoms with van der Waals surface area (Å²) in [5.74, 6) is 1.50. The Labute approximate surface area is 86.0 Å². The van der Waals surface area contributed by atoms with Crippen LogP contribution in [0.4, 0.5) is 0 Å². The van der Waals surface area contributed by atoms with E-state index in [1.165, 1.54) is 19.3 Å². The van der Waals surface area contributed by atoms with E-state index in [2.05, 4.69) is 13.0 Å². The summed E-state index contributed by atoms with van der Waals surface area (Å²) in [6.07, 6.45) is 6.45. The van der Waals surface area contributed by atoms with Crippen LogP contribution in [0.3, 0.4) is 0 Å². The molecule has 0 amide bonds. The molecule has 0 radical (unpaired) electrons. The monoisotopic (exact) mass is 196 g/mol. The van der Waals surface area contributed by atoms with Gasteiger partial charge in [-0.15, -0.1) is 0 Å². The lowest BCUT2D eigenvalue weighted by molar-refractivity contribution is -0.107. The molecule has 1 N–H and O–H groups in total. The van der Waals surface area contributed by atoms with Crippen molar-refractivity contribution in [1.82, 2.24) is 0 Å². The molecule has 0 aromatic rings. The molecule has 4 atom stereocenters. The fourth-order valence-corrected chi connectivity index (χ4v) is 2.61. The molecule has 0 aromatic heterocycles. The minimum absolute atomic E-state index is 0.0000246. The number of fused-ring (bicyclic) bond motifs is 1. The van der Waals surface area contributed by atoms with Gasteiger partial charge in [0.1, 0.15) is 0 Å². The van der Waals surface area contributed by atoms with E-state index in [1.807, 2.05) is 6.92 Å². The van der Waals surface area contributed by atoms with Gasteiger partial charge in [0.15, 0.2) is 0 Å². The van der Waals surface area contributed by atoms with Crippen molar-refractivity contribution >= 4 is 0 Å². The summed E-state index contributed by atoms with van der Waals surface area (Å²) in [6, 6.07) is 0. The Morgan fingerprint density at radius 1 is 1.64 bits per heavy atom. The maximum absolute atomic E-state index is 8.90. The Hall–Kier alpha value is -0.340. The first-order valence-corrected chi connectivity index (χ1v) is 5.70. The second kappa shape index (κ2) is 4.03. The van der Waals surface area contributed by atoms with Crippen LogP contribution in [-0.4, -0.2) is 23.9 Å². The Morgan fingerprint density at radius 2 is 2.43 bits per heavy atom. The molecule has 2 aliphatic carbocycles. The van der Waals surface area contributed by atoms with Crippen LogP contribution in [0.1, 0.15) is 33.1 Å². The molecule has 0 bridgehead atoms. The SMILES string of the molecule is CCC1=C[C@H]2C(OC(C)CO)C[C@H]2C1. The molecule has 0 spiro atoms. The number of hydrogen-bond donors (Lipinski definition) is 1. The van der Waals surface area contributed by atoms with Gasteiger partial charge < -0.3 is 9.84 Å². The quantitative estimate of drug-likeness (QED) is 0.698. The van der Waals surface area contributed by atoms with Gasteiger partial charge in [-0.25, -0.2) is 0 Å². The van der Waals surface area contributed by atoms with Gasteiger partial charge >= 0.3 is 0 Å². The lowest BCUT2D eigenvalue weighted by Gasteiger charge is -2.41. The first kappa shape index (κ1) is 10.2. The van der Waals surface area contributed by atoms with Crippen molar-refractivity contribution in [2.75, 3.05) is 6.61 Å². The Balaban J connectivity index is 1.86. The van der Waals surface area contributed by atoms with Crippen LogP contribution in [0.25, 0.3) is 0 Å². The van der Waals surface area contributed by atoms with Gasteiger partial charge in [0, 0.05) is 5.92 Å². The van der Waals surface area contributed by atoms with E-state index in [0.29, 0.717) is 12.0 Å². The molecule has 2 heteroatoms. The summed E-state index contributed by atoms with van der Waals surface area (Å²) in [5.41, 5.74) is 1.60. The average Bonchev–Trinajstić information content (AvgIpc) is 2.51. The normalized spacial score (nSPS) is 37.4. The first-order chi connectivity index (χ1) is 6.74. The highest BCUT2D eigenvalue weighted by molar-refractivity contribution is 5.19. The van der Waals surface area contributed by atoms with E-state index in [1.54, 1.807) is 5.57 Å². The number of allylic oxidation sites excluding steroid dienone is 1. The Bertz CT molecular complexity index is 234. The summed E-state index contributed by atoms with van der Waals surface area (Å²) in [7, 11) is 0. The molecule has 1 saturated carbocycles. The van der Waals surface area contributed by atoms with E-state index in [9.17, 15) is 0 Å². The van der Waals surface area contributed by atoms with Crippen LogP contribution in [-0.2, 0) is 4.74 Å². The molecule has 2 aliphatic rings. The van der Waals surface area contributed by atoms with Crippen molar-refractivity contribution in [2.45, 2.75) is 45.3 Å². The van der Waals surface area contributed by atoms with Crippen molar-refractivity contribution in [3.63, 3.8) is 0 Å². The minimum atomic E-state index is 0.0000246. The van der Waals surface area contributed by atoms with Crippen molar-refractivity contribution in [2.24, 2.45) is 11.8 Å². The molecule has 0 aromatic carbocycles. The lowest BCUT2D eigenvalue weighted by atomic mass is 9.73. The molecule has 0 heterocycles. The Morgan fingerprint density at radius 3 is 3.07 bits per heavy atom. The Kier molecular flexibility index (Phi) is 2.93. The summed E-state index contributed by atoms with van der Waals surface area (Å²) in [5, 5.41) is 8.90. The first-order valence-electron chi connectivity index (χ1n) is 5.70. The van der Waals surface area contributed by atoms with Gasteiger partial charge in [0.25, 0.3) is 0 Å². The third kappa shape index (κ3) is 1.73. The highest BCUT2D eigenvalue weighted by Crippen LogP contribution is 2.48. The molecular weight excluding hydrogens is 176 g/mol. The molecule has 2 unspecified atom stereocenters. The lowest BCUT2D eigenvalue weighted by Crippen LogP contribution is -2.42. The van der Waals surface area contributed by atoms with Gasteiger partial charge in [-0.2, -0.15) is 0 Å². The topological polar surface area (TPSA) is 29.5 Å². The molecular formula is C12H20O2. The maximum atomic E-state index is 8.90. The molecule has 80 valence electrons. The fraction of sp³-hybridized carbons (Fsp3) is 0.833. The molecule has 2 rings (SSSR count). The number of ether oxygens (including phenoxy) is 1. The molecule has 1 fully saturated rings. The summed E-state index contributed by atoms with van der Waals surface area (Å²) in [6.45, 7) is 4.30. The van der Waals surface area contributed by atoms with Crippen LogP contribution >= 0.6 is 0 Å². The largest absolute Gasteiger partial charge is 0.394 e. The van der Waals surface area contributed by atoms with Crippen LogP contribution in [0, 0.1) is 11.8 Å². The van der Waals surface area contributed by atoms with E-state index in [0.717, 1.165) is 5.92 Å². The van der Waals surface area contributed by atoms with Crippen molar-refractivity contribution in [1.29, 1.82) is 0 Å². The van der Waals surface area contributed by atoms with Gasteiger partial charge in [-0.1, -0.05) is 18.6 Å². The van der Waals surface area contributed by atoms with Gasteiger partial charge in [0.2, 0.25) is 0 Å². The number of aliphatic hydroxyl groups is 1. The fourth-order valence-electron chi connectivity index (χ4n) is 2.61. The van der Waals surface area contributed by atoms with Crippen LogP contribution in [0.2, 0.25) is 0 Å². The zero-order valence-electron chi connectivity index (χ0n) is 9.07. The van der Waals surface area contributed by atoms with E-state index in [4.69, 9.17) is 9.84 Å². The molecule has 2 nitrogen and oxygen atoms in total. The summed E-state index contributed by atoms with van der Waals surface area (Å²) >= 11 is 0. The van der Waals surface area contributed by atoms with E-state index in [-0.39, 0.29) is 12.7 Å². The third-order valence-electron chi connectivity index (χ3n) is 3.58. The average molecular weight is 196 g/mol. The van der Waals surface area contributed by atoms with Crippen LogP contribution < -0.4 is 0 Å². The second-order valence-electron chi connectivity index (χ2n) is 4.62. The van der Waals surface area contributed by atoms with Crippen molar-refractivity contribution < 1.29 is 9.84 Å². The summed E-state index contributed by atoms with van der Waals surface area (Å²) in [4.78, 5) is 0. The zero-order chi connectivity index (χ0) is 10.1. The van der Waals surface area contributed by atoms with Gasteiger partial charge in [-0.05, 0) is 32.1 Å². The number of aliphatic hydroxyl groups excluding tert-OH is 1. The minimum Gasteiger partial charge on any atom is -0.394 e. The molecule has 0 saturated heterocycles. The predicted octanol–water partition coefficient (Wildman–Crippen LogP) is 2.13. The van der Waals surface area contributed by atoms with Gasteiger partial charge in [0.05, 0.1) is 18.8 Å².